The predicted octanol–water partition coefficient (Wildman–Crippen LogP) is -17.8. The van der Waals surface area contributed by atoms with Gasteiger partial charge in [0.15, 0.2) is 0 Å². The van der Waals surface area contributed by atoms with Gasteiger partial charge in [-0.15, -0.1) is 0 Å². The summed E-state index contributed by atoms with van der Waals surface area (Å²) in [5.74, 6) is 0. The summed E-state index contributed by atoms with van der Waals surface area (Å²) in [6.07, 6.45) is 0. The molecule has 78 valence electrons. The molecule has 0 aliphatic carbocycles. The molecule has 0 saturated carbocycles. The summed E-state index contributed by atoms with van der Waals surface area (Å²) < 4.78 is 73.4. The average molecular weight is 528 g/mol. The first-order valence-corrected chi connectivity index (χ1v) is 9.61. The van der Waals surface area contributed by atoms with Gasteiger partial charge in [-0.3, -0.25) is 0 Å². The third-order valence-electron chi connectivity index (χ3n) is 0. The molecule has 0 aromatic carbocycles. The fourth-order valence-electron chi connectivity index (χ4n) is 0. The second-order valence-corrected chi connectivity index (χ2v) is 4.05. The average Bonchev–Trinajstić information content (AvgIpc) is 1.54. The first kappa shape index (κ1) is 19.4. The molecule has 0 aliphatic heterocycles. The van der Waals surface area contributed by atoms with Crippen LogP contribution in [0.4, 0.5) is 0 Å². The van der Waals surface area contributed by atoms with E-state index in [4.69, 9.17) is 30.9 Å². The Morgan fingerprint density at radius 2 is 0.500 bits per heavy atom. The minimum absolute atomic E-state index is 3.76. The Labute approximate surface area is 93.0 Å². The molecule has 0 aliphatic rings. The van der Waals surface area contributed by atoms with E-state index in [1.165, 1.54) is 0 Å². The number of hydrogen-bond donors (Lipinski definition) is 3. The van der Waals surface area contributed by atoms with E-state index in [1.54, 1.807) is 0 Å². The van der Waals surface area contributed by atoms with E-state index in [2.05, 4.69) is 0 Å². The van der Waals surface area contributed by atoms with Crippen LogP contribution in [0.2, 0.25) is 0 Å². The Hall–Kier alpha value is 1.83. The van der Waals surface area contributed by atoms with Crippen molar-refractivity contribution in [2.75, 3.05) is 0 Å². The highest BCUT2D eigenvalue weighted by Crippen LogP contribution is 0.257. The minimum atomic E-state index is -3.76. The molecule has 0 spiro atoms. The van der Waals surface area contributed by atoms with Gasteiger partial charge in [-0.1, -0.05) is 0 Å². The van der Waals surface area contributed by atoms with E-state index in [-0.39, 0.29) is 0 Å². The van der Waals surface area contributed by atoms with Gasteiger partial charge in [0.25, 0.3) is 0 Å². The van der Waals surface area contributed by atoms with E-state index in [9.17, 15) is 0 Å². The zero-order valence-corrected chi connectivity index (χ0v) is 11.4. The lowest BCUT2D eigenvalue weighted by Gasteiger charge is -1.67. The van der Waals surface area contributed by atoms with Crippen molar-refractivity contribution < 1.29 is 94.1 Å². The number of halogens is 3. The van der Waals surface area contributed by atoms with Crippen molar-refractivity contribution in [1.29, 1.82) is 0 Å². The van der Waals surface area contributed by atoms with Gasteiger partial charge in [-0.05, 0) is 10.3 Å². The molecule has 3 N–H and O–H groups in total. The molecular formula is H3I3O9. The van der Waals surface area contributed by atoms with E-state index in [0.29, 0.717) is 0 Å². The highest BCUT2D eigenvalue weighted by molar-refractivity contribution is 1.94. The second-order valence-electron chi connectivity index (χ2n) is 0.603. The molecule has 9 nitrogen and oxygen atoms in total. The van der Waals surface area contributed by atoms with Crippen LogP contribution in [0.25, 0.3) is 0 Å². The fourth-order valence-corrected chi connectivity index (χ4v) is 0. The summed E-state index contributed by atoms with van der Waals surface area (Å²) in [5, 5.41) is 0. The zero-order chi connectivity index (χ0) is 10.7. The summed E-state index contributed by atoms with van der Waals surface area (Å²) in [6.45, 7) is 0. The lowest BCUT2D eigenvalue weighted by Crippen LogP contribution is -3.98. The second kappa shape index (κ2) is 15.3. The zero-order valence-electron chi connectivity index (χ0n) is 4.93. The Morgan fingerprint density at radius 1 is 0.500 bits per heavy atom. The Bertz CT molecular complexity index is 38.3. The van der Waals surface area contributed by atoms with Crippen molar-refractivity contribution >= 4 is 0 Å². The van der Waals surface area contributed by atoms with Crippen LogP contribution in [-0.2, 0) is 0 Å². The van der Waals surface area contributed by atoms with Gasteiger partial charge in [-0.2, -0.15) is 0 Å². The maximum absolute atomic E-state index is 8.68. The predicted molar refractivity (Wildman–Crippen MR) is 6.66 cm³/mol. The maximum Gasteiger partial charge on any atom is 0.503 e. The molecule has 0 saturated heterocycles. The van der Waals surface area contributed by atoms with Crippen LogP contribution in [0.5, 0.6) is 0 Å². The largest absolute Gasteiger partial charge is 0.503 e. The molecule has 0 aromatic heterocycles. The molecule has 0 heterocycles. The Balaban J connectivity index is -0.000000101. The van der Waals surface area contributed by atoms with Crippen molar-refractivity contribution in [3.63, 3.8) is 0 Å². The molecule has 12 heteroatoms. The van der Waals surface area contributed by atoms with Crippen molar-refractivity contribution in [3.8, 4) is 0 Å². The SMILES string of the molecule is [O-][I+2]([O-])O.[O-][I+2]([O-])O.[O-][I+2]([O-])O. The van der Waals surface area contributed by atoms with Crippen molar-refractivity contribution in [2.45, 2.75) is 0 Å². The molecule has 0 amide bonds. The molecule has 0 fully saturated rings. The number of hydrogen-bond acceptors (Lipinski definition) is 9. The fraction of sp³-hybridized carbons (Fsp3) is 0. The normalized spacial score (nSPS) is 9.00. The first-order valence-electron chi connectivity index (χ1n) is 1.43. The van der Waals surface area contributed by atoms with Gasteiger partial charge in [0.1, 0.15) is 0 Å². The first-order chi connectivity index (χ1) is 5.20. The van der Waals surface area contributed by atoms with E-state index in [1.807, 2.05) is 0 Å². The molecule has 0 aromatic rings. The molecule has 0 unspecified atom stereocenters. The highest BCUT2D eigenvalue weighted by Gasteiger charge is 1.90. The molecule has 0 bridgehead atoms. The summed E-state index contributed by atoms with van der Waals surface area (Å²) in [5.41, 5.74) is 0. The van der Waals surface area contributed by atoms with Gasteiger partial charge < -0.3 is 20.6 Å². The molecular weight excluding hydrogens is 525 g/mol. The van der Waals surface area contributed by atoms with Crippen LogP contribution in [0.3, 0.4) is 0 Å². The minimum Gasteiger partial charge on any atom is -0.396 e. The highest BCUT2D eigenvalue weighted by atomic mass is 127. The molecule has 0 rings (SSSR count). The van der Waals surface area contributed by atoms with Gasteiger partial charge in [0.05, 0.1) is 0 Å². The van der Waals surface area contributed by atoms with E-state index >= 15 is 0 Å². The third-order valence-corrected chi connectivity index (χ3v) is 0. The van der Waals surface area contributed by atoms with Crippen LogP contribution < -0.4 is 83.8 Å². The van der Waals surface area contributed by atoms with Gasteiger partial charge in [0.2, 0.25) is 0 Å². The maximum atomic E-state index is 8.68. The topological polar surface area (TPSA) is 199 Å². The van der Waals surface area contributed by atoms with Gasteiger partial charge >= 0.3 is 63.2 Å². The Morgan fingerprint density at radius 3 is 0.500 bits per heavy atom. The van der Waals surface area contributed by atoms with E-state index in [0.717, 1.165) is 0 Å². The summed E-state index contributed by atoms with van der Waals surface area (Å²) in [4.78, 5) is 0. The lowest BCUT2D eigenvalue weighted by atomic mass is 16.0. The number of rotatable bonds is 0. The van der Waals surface area contributed by atoms with Gasteiger partial charge in [0, 0.05) is 0 Å². The van der Waals surface area contributed by atoms with Crippen LogP contribution in [-0.4, -0.2) is 10.3 Å². The van der Waals surface area contributed by atoms with E-state index < -0.39 is 63.2 Å². The van der Waals surface area contributed by atoms with Crippen LogP contribution >= 0.6 is 0 Å². The van der Waals surface area contributed by atoms with Gasteiger partial charge in [-0.25, -0.2) is 0 Å². The van der Waals surface area contributed by atoms with Crippen LogP contribution in [0, 0.1) is 0 Å². The van der Waals surface area contributed by atoms with Crippen molar-refractivity contribution in [1.82, 2.24) is 0 Å². The molecule has 0 atom stereocenters. The summed E-state index contributed by atoms with van der Waals surface area (Å²) >= 11 is -11.3. The quantitative estimate of drug-likeness (QED) is 0.256. The smallest absolute Gasteiger partial charge is 0.396 e. The monoisotopic (exact) mass is 528 g/mol. The van der Waals surface area contributed by atoms with Crippen molar-refractivity contribution in [3.05, 3.63) is 0 Å². The third kappa shape index (κ3) is 414. The Kier molecular flexibility index (Phi) is 24.8. The molecule has 12 heavy (non-hydrogen) atoms. The summed E-state index contributed by atoms with van der Waals surface area (Å²) in [6, 6.07) is 0. The van der Waals surface area contributed by atoms with Crippen LogP contribution in [0.15, 0.2) is 0 Å². The van der Waals surface area contributed by atoms with Crippen molar-refractivity contribution in [2.24, 2.45) is 0 Å². The molecule has 0 radical (unpaired) electrons. The van der Waals surface area contributed by atoms with Crippen LogP contribution in [0.1, 0.15) is 0 Å². The lowest BCUT2D eigenvalue weighted by molar-refractivity contribution is -1.63. The standard InChI is InChI=1S/3HIO3/c3*2-1(3)4/h3*2H. The summed E-state index contributed by atoms with van der Waals surface area (Å²) in [7, 11) is 0.